The van der Waals surface area contributed by atoms with E-state index in [0.29, 0.717) is 11.5 Å². The summed E-state index contributed by atoms with van der Waals surface area (Å²) >= 11 is 0. The summed E-state index contributed by atoms with van der Waals surface area (Å²) in [6.07, 6.45) is 4.18. The summed E-state index contributed by atoms with van der Waals surface area (Å²) < 4.78 is 6.80. The molecule has 0 saturated heterocycles. The Morgan fingerprint density at radius 3 is 2.72 bits per heavy atom. The molecule has 0 spiro atoms. The van der Waals surface area contributed by atoms with Crippen molar-refractivity contribution in [3.8, 4) is 0 Å². The van der Waals surface area contributed by atoms with Gasteiger partial charge in [-0.1, -0.05) is 20.8 Å². The van der Waals surface area contributed by atoms with Gasteiger partial charge in [-0.05, 0) is 30.6 Å². The van der Waals surface area contributed by atoms with Crippen molar-refractivity contribution in [2.45, 2.75) is 46.1 Å². The van der Waals surface area contributed by atoms with Gasteiger partial charge >= 0.3 is 5.97 Å². The Hall–Kier alpha value is -1.32. The Morgan fingerprint density at radius 1 is 1.56 bits per heavy atom. The SMILES string of the molecule is COC(=O)c1cnn(CC2CC(C)C2)c1C(C)C. The molecule has 0 amide bonds. The molecule has 100 valence electrons. The Kier molecular flexibility index (Phi) is 3.73. The van der Waals surface area contributed by atoms with E-state index in [4.69, 9.17) is 4.74 Å². The molecular weight excluding hydrogens is 228 g/mol. The molecule has 1 heterocycles. The maximum Gasteiger partial charge on any atom is 0.341 e. The zero-order valence-corrected chi connectivity index (χ0v) is 11.6. The molecule has 0 aromatic carbocycles. The molecule has 0 atom stereocenters. The normalized spacial score (nSPS) is 22.9. The van der Waals surface area contributed by atoms with Gasteiger partial charge in [-0.25, -0.2) is 4.79 Å². The number of hydrogen-bond acceptors (Lipinski definition) is 3. The van der Waals surface area contributed by atoms with E-state index in [1.54, 1.807) is 6.20 Å². The lowest BCUT2D eigenvalue weighted by Crippen LogP contribution is -2.27. The summed E-state index contributed by atoms with van der Waals surface area (Å²) in [7, 11) is 1.41. The van der Waals surface area contributed by atoms with Gasteiger partial charge in [0.05, 0.1) is 19.0 Å². The van der Waals surface area contributed by atoms with E-state index in [1.807, 2.05) is 4.68 Å². The van der Waals surface area contributed by atoms with Gasteiger partial charge < -0.3 is 4.74 Å². The van der Waals surface area contributed by atoms with Crippen LogP contribution in [0.3, 0.4) is 0 Å². The fourth-order valence-electron chi connectivity index (χ4n) is 2.88. The van der Waals surface area contributed by atoms with Gasteiger partial charge in [-0.3, -0.25) is 4.68 Å². The molecule has 1 aliphatic rings. The molecule has 0 aliphatic heterocycles. The number of hydrogen-bond donors (Lipinski definition) is 0. The topological polar surface area (TPSA) is 44.1 Å². The van der Waals surface area contributed by atoms with Crippen LogP contribution in [0.5, 0.6) is 0 Å². The molecule has 0 unspecified atom stereocenters. The Morgan fingerprint density at radius 2 is 2.22 bits per heavy atom. The van der Waals surface area contributed by atoms with Gasteiger partial charge in [0.25, 0.3) is 0 Å². The average molecular weight is 250 g/mol. The van der Waals surface area contributed by atoms with Crippen molar-refractivity contribution in [1.29, 1.82) is 0 Å². The van der Waals surface area contributed by atoms with Crippen LogP contribution in [0.15, 0.2) is 6.20 Å². The Bertz CT molecular complexity index is 431. The molecule has 18 heavy (non-hydrogen) atoms. The Balaban J connectivity index is 2.19. The van der Waals surface area contributed by atoms with Crippen LogP contribution in [0.4, 0.5) is 0 Å². The summed E-state index contributed by atoms with van der Waals surface area (Å²) in [5.41, 5.74) is 1.61. The second-order valence-electron chi connectivity index (χ2n) is 5.71. The summed E-state index contributed by atoms with van der Waals surface area (Å²) in [5.74, 6) is 1.54. The van der Waals surface area contributed by atoms with Crippen LogP contribution in [0.2, 0.25) is 0 Å². The van der Waals surface area contributed by atoms with E-state index in [1.165, 1.54) is 20.0 Å². The molecule has 0 N–H and O–H groups in total. The maximum atomic E-state index is 11.7. The lowest BCUT2D eigenvalue weighted by Gasteiger charge is -2.33. The van der Waals surface area contributed by atoms with E-state index >= 15 is 0 Å². The molecule has 2 rings (SSSR count). The molecule has 1 aromatic heterocycles. The number of methoxy groups -OCH3 is 1. The highest BCUT2D eigenvalue weighted by molar-refractivity contribution is 5.90. The first-order valence-corrected chi connectivity index (χ1v) is 6.67. The summed E-state index contributed by atoms with van der Waals surface area (Å²) in [6.45, 7) is 7.38. The van der Waals surface area contributed by atoms with Gasteiger partial charge in [-0.15, -0.1) is 0 Å². The fraction of sp³-hybridized carbons (Fsp3) is 0.714. The van der Waals surface area contributed by atoms with E-state index < -0.39 is 0 Å². The van der Waals surface area contributed by atoms with Crippen LogP contribution in [-0.2, 0) is 11.3 Å². The first-order chi connectivity index (χ1) is 8.52. The lowest BCUT2D eigenvalue weighted by atomic mass is 9.76. The molecule has 4 nitrogen and oxygen atoms in total. The van der Waals surface area contributed by atoms with Crippen LogP contribution >= 0.6 is 0 Å². The quantitative estimate of drug-likeness (QED) is 0.772. The minimum Gasteiger partial charge on any atom is -0.465 e. The highest BCUT2D eigenvalue weighted by Crippen LogP contribution is 2.35. The molecular formula is C14H22N2O2. The Labute approximate surface area is 108 Å². The monoisotopic (exact) mass is 250 g/mol. The standard InChI is InChI=1S/C14H22N2O2/c1-9(2)13-12(14(17)18-4)7-15-16(13)8-11-5-10(3)6-11/h7,9-11H,5-6,8H2,1-4H3. The van der Waals surface area contributed by atoms with Crippen LogP contribution in [0.1, 0.15) is 55.6 Å². The van der Waals surface area contributed by atoms with Crippen molar-refractivity contribution < 1.29 is 9.53 Å². The number of esters is 1. The third kappa shape index (κ3) is 2.42. The van der Waals surface area contributed by atoms with E-state index in [9.17, 15) is 4.79 Å². The van der Waals surface area contributed by atoms with E-state index in [-0.39, 0.29) is 11.9 Å². The maximum absolute atomic E-state index is 11.7. The fourth-order valence-corrected chi connectivity index (χ4v) is 2.88. The summed E-state index contributed by atoms with van der Waals surface area (Å²) in [4.78, 5) is 11.7. The lowest BCUT2D eigenvalue weighted by molar-refractivity contribution is 0.0598. The van der Waals surface area contributed by atoms with Crippen molar-refractivity contribution in [2.24, 2.45) is 11.8 Å². The number of carbonyl (C=O) groups is 1. The van der Waals surface area contributed by atoms with Crippen LogP contribution in [-0.4, -0.2) is 22.9 Å². The molecule has 1 saturated carbocycles. The van der Waals surface area contributed by atoms with Crippen molar-refractivity contribution >= 4 is 5.97 Å². The van der Waals surface area contributed by atoms with Crippen molar-refractivity contribution in [1.82, 2.24) is 9.78 Å². The molecule has 1 aromatic rings. The highest BCUT2D eigenvalue weighted by Gasteiger charge is 2.28. The van der Waals surface area contributed by atoms with Crippen LogP contribution in [0.25, 0.3) is 0 Å². The second-order valence-corrected chi connectivity index (χ2v) is 5.71. The van der Waals surface area contributed by atoms with Gasteiger partial charge in [0, 0.05) is 6.54 Å². The third-order valence-electron chi connectivity index (χ3n) is 3.73. The van der Waals surface area contributed by atoms with Crippen LogP contribution < -0.4 is 0 Å². The van der Waals surface area contributed by atoms with Gasteiger partial charge in [-0.2, -0.15) is 5.10 Å². The molecule has 0 radical (unpaired) electrons. The summed E-state index contributed by atoms with van der Waals surface area (Å²) in [5, 5.41) is 4.37. The number of rotatable bonds is 4. The van der Waals surface area contributed by atoms with Crippen molar-refractivity contribution in [2.75, 3.05) is 7.11 Å². The predicted molar refractivity (Wildman–Crippen MR) is 69.5 cm³/mol. The summed E-state index contributed by atoms with van der Waals surface area (Å²) in [6, 6.07) is 0. The highest BCUT2D eigenvalue weighted by atomic mass is 16.5. The largest absolute Gasteiger partial charge is 0.465 e. The zero-order valence-electron chi connectivity index (χ0n) is 11.6. The molecule has 1 fully saturated rings. The number of carbonyl (C=O) groups excluding carboxylic acids is 1. The van der Waals surface area contributed by atoms with E-state index in [0.717, 1.165) is 18.2 Å². The minimum atomic E-state index is -0.285. The zero-order chi connectivity index (χ0) is 13.3. The number of nitrogens with zero attached hydrogens (tertiary/aromatic N) is 2. The van der Waals surface area contributed by atoms with Crippen molar-refractivity contribution in [3.05, 3.63) is 17.5 Å². The average Bonchev–Trinajstić information content (AvgIpc) is 2.69. The van der Waals surface area contributed by atoms with Gasteiger partial charge in [0.2, 0.25) is 0 Å². The second kappa shape index (κ2) is 5.12. The third-order valence-corrected chi connectivity index (χ3v) is 3.73. The predicted octanol–water partition coefficient (Wildman–Crippen LogP) is 2.84. The van der Waals surface area contributed by atoms with Crippen LogP contribution in [0, 0.1) is 11.8 Å². The van der Waals surface area contributed by atoms with E-state index in [2.05, 4.69) is 25.9 Å². The van der Waals surface area contributed by atoms with Gasteiger partial charge in [0.15, 0.2) is 0 Å². The molecule has 1 aliphatic carbocycles. The minimum absolute atomic E-state index is 0.277. The first-order valence-electron chi connectivity index (χ1n) is 6.67. The molecule has 0 bridgehead atoms. The van der Waals surface area contributed by atoms with Crippen molar-refractivity contribution in [3.63, 3.8) is 0 Å². The molecule has 4 heteroatoms. The first kappa shape index (κ1) is 13.1. The smallest absolute Gasteiger partial charge is 0.341 e. The number of ether oxygens (including phenoxy) is 1. The van der Waals surface area contributed by atoms with Gasteiger partial charge in [0.1, 0.15) is 5.56 Å². The number of aromatic nitrogens is 2.